The molecular formula is C21H28N4O2. The first kappa shape index (κ1) is 18.0. The number of piperidine rings is 1. The number of para-hydroxylation sites is 2. The highest BCUT2D eigenvalue weighted by molar-refractivity contribution is 5.83. The first-order valence-corrected chi connectivity index (χ1v) is 10.1. The number of hydrogen-bond donors (Lipinski definition) is 0. The van der Waals surface area contributed by atoms with Crippen molar-refractivity contribution in [3.8, 4) is 0 Å². The molecule has 2 fully saturated rings. The van der Waals surface area contributed by atoms with E-state index in [1.54, 1.807) is 0 Å². The van der Waals surface area contributed by atoms with E-state index in [4.69, 9.17) is 4.98 Å². The van der Waals surface area contributed by atoms with Gasteiger partial charge in [0, 0.05) is 38.5 Å². The van der Waals surface area contributed by atoms with E-state index in [1.807, 2.05) is 45.6 Å². The summed E-state index contributed by atoms with van der Waals surface area (Å²) in [5, 5.41) is 0. The molecule has 4 rings (SSSR count). The van der Waals surface area contributed by atoms with Crippen LogP contribution in [0, 0.1) is 5.92 Å². The van der Waals surface area contributed by atoms with Gasteiger partial charge in [0.25, 0.3) is 0 Å². The molecule has 144 valence electrons. The Morgan fingerprint density at radius 2 is 1.96 bits per heavy atom. The van der Waals surface area contributed by atoms with Gasteiger partial charge in [0.15, 0.2) is 0 Å². The minimum Gasteiger partial charge on any atom is -0.342 e. The van der Waals surface area contributed by atoms with Gasteiger partial charge in [-0.25, -0.2) is 4.98 Å². The summed E-state index contributed by atoms with van der Waals surface area (Å²) in [5.74, 6) is 1.96. The monoisotopic (exact) mass is 368 g/mol. The van der Waals surface area contributed by atoms with Crippen molar-refractivity contribution in [3.63, 3.8) is 0 Å². The number of likely N-dealkylation sites (N-methyl/N-ethyl adjacent to an activating group) is 1. The summed E-state index contributed by atoms with van der Waals surface area (Å²) in [7, 11) is 0. The van der Waals surface area contributed by atoms with Crippen LogP contribution in [0.4, 0.5) is 0 Å². The lowest BCUT2D eigenvalue weighted by Gasteiger charge is -2.30. The molecule has 0 radical (unpaired) electrons. The molecule has 6 nitrogen and oxygen atoms in total. The van der Waals surface area contributed by atoms with Crippen molar-refractivity contribution in [2.24, 2.45) is 5.92 Å². The first-order valence-electron chi connectivity index (χ1n) is 10.1. The maximum absolute atomic E-state index is 13.0. The van der Waals surface area contributed by atoms with Gasteiger partial charge in [-0.15, -0.1) is 0 Å². The van der Waals surface area contributed by atoms with E-state index in [0.29, 0.717) is 25.4 Å². The van der Waals surface area contributed by atoms with Crippen molar-refractivity contribution in [3.05, 3.63) is 30.1 Å². The van der Waals surface area contributed by atoms with Gasteiger partial charge in [-0.2, -0.15) is 0 Å². The highest BCUT2D eigenvalue weighted by Crippen LogP contribution is 2.30. The first-order chi connectivity index (χ1) is 13.1. The molecule has 0 bridgehead atoms. The molecule has 0 saturated carbocycles. The second-order valence-corrected chi connectivity index (χ2v) is 7.94. The number of fused-ring (bicyclic) bond motifs is 1. The maximum atomic E-state index is 13.0. The zero-order chi connectivity index (χ0) is 19.0. The van der Waals surface area contributed by atoms with Crippen LogP contribution in [0.3, 0.4) is 0 Å². The molecule has 6 heteroatoms. The van der Waals surface area contributed by atoms with Gasteiger partial charge in [-0.05, 0) is 37.8 Å². The van der Waals surface area contributed by atoms with Crippen molar-refractivity contribution in [1.82, 2.24) is 19.4 Å². The molecule has 1 aromatic carbocycles. The van der Waals surface area contributed by atoms with E-state index in [-0.39, 0.29) is 17.7 Å². The van der Waals surface area contributed by atoms with Crippen LogP contribution < -0.4 is 0 Å². The van der Waals surface area contributed by atoms with E-state index in [0.717, 1.165) is 49.3 Å². The van der Waals surface area contributed by atoms with E-state index in [2.05, 4.69) is 6.92 Å². The van der Waals surface area contributed by atoms with E-state index < -0.39 is 0 Å². The van der Waals surface area contributed by atoms with E-state index in [9.17, 15) is 9.59 Å². The van der Waals surface area contributed by atoms with Crippen LogP contribution in [0.2, 0.25) is 0 Å². The Kier molecular flexibility index (Phi) is 4.89. The van der Waals surface area contributed by atoms with Crippen molar-refractivity contribution < 1.29 is 9.59 Å². The zero-order valence-corrected chi connectivity index (χ0v) is 16.2. The lowest BCUT2D eigenvalue weighted by molar-refractivity contribution is -0.133. The third-order valence-corrected chi connectivity index (χ3v) is 6.08. The summed E-state index contributed by atoms with van der Waals surface area (Å²) < 4.78 is 2.05. The van der Waals surface area contributed by atoms with Crippen molar-refractivity contribution in [1.29, 1.82) is 0 Å². The highest BCUT2D eigenvalue weighted by Gasteiger charge is 2.33. The quantitative estimate of drug-likeness (QED) is 0.834. The molecule has 3 heterocycles. The summed E-state index contributed by atoms with van der Waals surface area (Å²) in [4.78, 5) is 33.9. The molecule has 2 saturated heterocycles. The highest BCUT2D eigenvalue weighted by atomic mass is 16.2. The number of imidazole rings is 1. The fourth-order valence-electron chi connectivity index (χ4n) is 4.32. The Bertz CT molecular complexity index is 851. The van der Waals surface area contributed by atoms with Crippen molar-refractivity contribution in [2.75, 3.05) is 26.2 Å². The fraction of sp³-hybridized carbons (Fsp3) is 0.571. The lowest BCUT2D eigenvalue weighted by atomic mass is 9.99. The largest absolute Gasteiger partial charge is 0.342 e. The van der Waals surface area contributed by atoms with Crippen LogP contribution in [0.5, 0.6) is 0 Å². The Balaban J connectivity index is 1.63. The minimum absolute atomic E-state index is 0.0547. The molecule has 2 aliphatic heterocycles. The fourth-order valence-corrected chi connectivity index (χ4v) is 4.32. The number of benzene rings is 1. The van der Waals surface area contributed by atoms with Crippen LogP contribution in [0.25, 0.3) is 11.0 Å². The number of likely N-dealkylation sites (tertiary alicyclic amines) is 2. The number of carbonyl (C=O) groups excluding carboxylic acids is 2. The molecule has 27 heavy (non-hydrogen) atoms. The summed E-state index contributed by atoms with van der Waals surface area (Å²) in [6.07, 6.45) is 2.63. The number of aromatic nitrogens is 2. The molecular weight excluding hydrogens is 340 g/mol. The SMILES string of the molecule is CCN1CC(c2nc3ccccc3n2CC(=O)N2CCC(C)CC2)CC1=O. The molecule has 0 spiro atoms. The number of carbonyl (C=O) groups is 2. The molecule has 2 aliphatic rings. The van der Waals surface area contributed by atoms with Gasteiger partial charge in [0.1, 0.15) is 12.4 Å². The molecule has 1 aromatic heterocycles. The Morgan fingerprint density at radius 1 is 1.22 bits per heavy atom. The molecule has 0 N–H and O–H groups in total. The van der Waals surface area contributed by atoms with Gasteiger partial charge in [-0.1, -0.05) is 19.1 Å². The predicted octanol–water partition coefficient (Wildman–Crippen LogP) is 2.63. The number of amides is 2. The molecule has 2 aromatic rings. The van der Waals surface area contributed by atoms with Crippen LogP contribution in [-0.2, 0) is 16.1 Å². The molecule has 0 aliphatic carbocycles. The Hall–Kier alpha value is -2.37. The summed E-state index contributed by atoms with van der Waals surface area (Å²) in [5.41, 5.74) is 1.88. The second kappa shape index (κ2) is 7.33. The van der Waals surface area contributed by atoms with Gasteiger partial charge in [-0.3, -0.25) is 9.59 Å². The third-order valence-electron chi connectivity index (χ3n) is 6.08. The maximum Gasteiger partial charge on any atom is 0.242 e. The average molecular weight is 368 g/mol. The zero-order valence-electron chi connectivity index (χ0n) is 16.2. The van der Waals surface area contributed by atoms with Gasteiger partial charge in [0.2, 0.25) is 11.8 Å². The number of hydrogen-bond acceptors (Lipinski definition) is 3. The van der Waals surface area contributed by atoms with E-state index in [1.165, 1.54) is 0 Å². The smallest absolute Gasteiger partial charge is 0.242 e. The van der Waals surface area contributed by atoms with Crippen LogP contribution in [0.15, 0.2) is 24.3 Å². The molecule has 1 unspecified atom stereocenters. The lowest BCUT2D eigenvalue weighted by Crippen LogP contribution is -2.40. The Labute approximate surface area is 160 Å². The standard InChI is InChI=1S/C21H28N4O2/c1-3-23-13-16(12-19(23)26)21-22-17-6-4-5-7-18(17)25(21)14-20(27)24-10-8-15(2)9-11-24/h4-7,15-16H,3,8-14H2,1-2H3. The topological polar surface area (TPSA) is 58.4 Å². The van der Waals surface area contributed by atoms with Crippen LogP contribution in [0.1, 0.15) is 44.9 Å². The Morgan fingerprint density at radius 3 is 2.67 bits per heavy atom. The molecule has 1 atom stereocenters. The van der Waals surface area contributed by atoms with E-state index >= 15 is 0 Å². The summed E-state index contributed by atoms with van der Waals surface area (Å²) >= 11 is 0. The number of rotatable bonds is 4. The van der Waals surface area contributed by atoms with Crippen LogP contribution in [-0.4, -0.2) is 57.3 Å². The number of nitrogens with zero attached hydrogens (tertiary/aromatic N) is 4. The summed E-state index contributed by atoms with van der Waals surface area (Å²) in [6.45, 7) is 7.65. The van der Waals surface area contributed by atoms with Crippen LogP contribution >= 0.6 is 0 Å². The predicted molar refractivity (Wildman–Crippen MR) is 104 cm³/mol. The van der Waals surface area contributed by atoms with Gasteiger partial charge in [0.05, 0.1) is 11.0 Å². The van der Waals surface area contributed by atoms with Crippen molar-refractivity contribution in [2.45, 2.75) is 45.6 Å². The molecule has 2 amide bonds. The van der Waals surface area contributed by atoms with Gasteiger partial charge < -0.3 is 14.4 Å². The van der Waals surface area contributed by atoms with Gasteiger partial charge >= 0.3 is 0 Å². The second-order valence-electron chi connectivity index (χ2n) is 7.94. The van der Waals surface area contributed by atoms with Crippen molar-refractivity contribution >= 4 is 22.8 Å². The minimum atomic E-state index is 0.0547. The third kappa shape index (κ3) is 3.45. The normalized spacial score (nSPS) is 21.4. The average Bonchev–Trinajstić information content (AvgIpc) is 3.22. The summed E-state index contributed by atoms with van der Waals surface area (Å²) in [6, 6.07) is 7.95.